The molecule has 0 amide bonds. The van der Waals surface area contributed by atoms with Crippen LogP contribution in [0.25, 0.3) is 6.08 Å². The third-order valence-electron chi connectivity index (χ3n) is 6.36. The Bertz CT molecular complexity index is 1030. The smallest absolute Gasteiger partial charge is 0.178 e. The van der Waals surface area contributed by atoms with E-state index in [4.69, 9.17) is 9.47 Å². The van der Waals surface area contributed by atoms with Crippen LogP contribution >= 0.6 is 0 Å². The first-order valence-corrected chi connectivity index (χ1v) is 10.7. The summed E-state index contributed by atoms with van der Waals surface area (Å²) in [5.74, 6) is 0.972. The van der Waals surface area contributed by atoms with E-state index >= 15 is 0 Å². The van der Waals surface area contributed by atoms with Gasteiger partial charge in [0.25, 0.3) is 0 Å². The van der Waals surface area contributed by atoms with Gasteiger partial charge in [-0.2, -0.15) is 0 Å². The van der Waals surface area contributed by atoms with Crippen molar-refractivity contribution in [1.29, 1.82) is 0 Å². The summed E-state index contributed by atoms with van der Waals surface area (Å²) in [6.07, 6.45) is 4.44. The predicted octanol–water partition coefficient (Wildman–Crippen LogP) is 5.49. The summed E-state index contributed by atoms with van der Waals surface area (Å²) in [5.41, 5.74) is 6.54. The van der Waals surface area contributed by atoms with E-state index in [9.17, 15) is 0 Å². The molecule has 152 valence electrons. The Kier molecular flexibility index (Phi) is 4.84. The molecule has 0 radical (unpaired) electrons. The summed E-state index contributed by atoms with van der Waals surface area (Å²) < 4.78 is 12.5. The van der Waals surface area contributed by atoms with Crippen molar-refractivity contribution in [2.24, 2.45) is 0 Å². The lowest BCUT2D eigenvalue weighted by molar-refractivity contribution is 0.122. The van der Waals surface area contributed by atoms with Gasteiger partial charge in [0.2, 0.25) is 0 Å². The highest BCUT2D eigenvalue weighted by Gasteiger charge is 2.38. The lowest BCUT2D eigenvalue weighted by Crippen LogP contribution is -2.37. The summed E-state index contributed by atoms with van der Waals surface area (Å²) >= 11 is 0. The second kappa shape index (κ2) is 7.66. The van der Waals surface area contributed by atoms with E-state index in [1.807, 2.05) is 12.1 Å². The highest BCUT2D eigenvalue weighted by molar-refractivity contribution is 5.74. The van der Waals surface area contributed by atoms with E-state index in [-0.39, 0.29) is 0 Å². The second-order valence-corrected chi connectivity index (χ2v) is 8.07. The number of rotatable bonds is 3. The van der Waals surface area contributed by atoms with E-state index in [2.05, 4.69) is 85.5 Å². The van der Waals surface area contributed by atoms with Crippen molar-refractivity contribution < 1.29 is 9.47 Å². The quantitative estimate of drug-likeness (QED) is 0.583. The second-order valence-electron chi connectivity index (χ2n) is 8.07. The average Bonchev–Trinajstić information content (AvgIpc) is 2.83. The van der Waals surface area contributed by atoms with Crippen molar-refractivity contribution in [3.8, 4) is 5.75 Å². The minimum atomic E-state index is -0.632. The normalized spacial score (nSPS) is 17.3. The Labute approximate surface area is 178 Å². The van der Waals surface area contributed by atoms with Crippen LogP contribution < -0.4 is 9.64 Å². The molecule has 3 heteroatoms. The van der Waals surface area contributed by atoms with Crippen LogP contribution in [0.15, 0.2) is 72.8 Å². The Morgan fingerprint density at radius 1 is 0.800 bits per heavy atom. The molecule has 1 fully saturated rings. The summed E-state index contributed by atoms with van der Waals surface area (Å²) in [4.78, 5) is 2.43. The van der Waals surface area contributed by atoms with Gasteiger partial charge >= 0.3 is 0 Å². The molecule has 1 saturated heterocycles. The molecule has 3 aromatic carbocycles. The third kappa shape index (κ3) is 3.10. The molecule has 0 bridgehead atoms. The van der Waals surface area contributed by atoms with Gasteiger partial charge < -0.3 is 14.4 Å². The maximum Gasteiger partial charge on any atom is 0.178 e. The van der Waals surface area contributed by atoms with Gasteiger partial charge in [0, 0.05) is 35.5 Å². The number of hydrogen-bond donors (Lipinski definition) is 0. The average molecular weight is 398 g/mol. The molecular formula is C27H27NO2. The minimum absolute atomic E-state index is 0.632. The number of ether oxygens (including phenoxy) is 2. The number of morpholine rings is 1. The van der Waals surface area contributed by atoms with Gasteiger partial charge in [0.15, 0.2) is 5.60 Å². The van der Waals surface area contributed by atoms with Gasteiger partial charge in [0.05, 0.1) is 13.2 Å². The predicted molar refractivity (Wildman–Crippen MR) is 122 cm³/mol. The van der Waals surface area contributed by atoms with Crippen LogP contribution in [0.3, 0.4) is 0 Å². The lowest BCUT2D eigenvalue weighted by atomic mass is 9.83. The van der Waals surface area contributed by atoms with E-state index < -0.39 is 5.60 Å². The standard InChI is InChI=1S/C27H27NO2/c1-20-21(2)26-22(19-25(20)28-15-17-29-18-16-28)13-14-27(30-26,23-9-5-3-6-10-23)24-11-7-4-8-12-24/h3-14,19H,15-18H2,1-2H3. The first kappa shape index (κ1) is 19.0. The summed E-state index contributed by atoms with van der Waals surface area (Å²) in [7, 11) is 0. The van der Waals surface area contributed by atoms with Crippen LogP contribution in [0, 0.1) is 13.8 Å². The first-order chi connectivity index (χ1) is 14.7. The van der Waals surface area contributed by atoms with Crippen molar-refractivity contribution in [3.63, 3.8) is 0 Å². The molecule has 2 aliphatic rings. The van der Waals surface area contributed by atoms with Crippen LogP contribution in [0.5, 0.6) is 5.75 Å². The fourth-order valence-electron chi connectivity index (χ4n) is 4.54. The van der Waals surface area contributed by atoms with Crippen LogP contribution in [0.2, 0.25) is 0 Å². The first-order valence-electron chi connectivity index (χ1n) is 10.7. The van der Waals surface area contributed by atoms with Crippen LogP contribution in [0.1, 0.15) is 27.8 Å². The lowest BCUT2D eigenvalue weighted by Gasteiger charge is -2.38. The molecule has 0 N–H and O–H groups in total. The van der Waals surface area contributed by atoms with E-state index in [1.165, 1.54) is 16.8 Å². The van der Waals surface area contributed by atoms with Crippen LogP contribution in [0.4, 0.5) is 5.69 Å². The molecule has 0 saturated carbocycles. The summed E-state index contributed by atoms with van der Waals surface area (Å²) in [6.45, 7) is 7.82. The monoisotopic (exact) mass is 397 g/mol. The van der Waals surface area contributed by atoms with E-state index in [0.717, 1.165) is 48.7 Å². The Morgan fingerprint density at radius 2 is 1.40 bits per heavy atom. The van der Waals surface area contributed by atoms with E-state index in [0.29, 0.717) is 0 Å². The van der Waals surface area contributed by atoms with Gasteiger partial charge in [-0.05, 0) is 37.1 Å². The molecule has 0 aromatic heterocycles. The SMILES string of the molecule is Cc1c(N2CCOCC2)cc2c(c1C)OC(c1ccccc1)(c1ccccc1)C=C2. The highest BCUT2D eigenvalue weighted by Crippen LogP contribution is 2.45. The molecule has 2 heterocycles. The third-order valence-corrected chi connectivity index (χ3v) is 6.36. The number of fused-ring (bicyclic) bond motifs is 1. The molecule has 5 rings (SSSR count). The van der Waals surface area contributed by atoms with Crippen LogP contribution in [-0.2, 0) is 10.3 Å². The molecule has 0 aliphatic carbocycles. The molecule has 2 aliphatic heterocycles. The summed E-state index contributed by atoms with van der Waals surface area (Å²) in [5, 5.41) is 0. The molecule has 0 atom stereocenters. The summed E-state index contributed by atoms with van der Waals surface area (Å²) in [6, 6.07) is 23.3. The Balaban J connectivity index is 1.64. The zero-order valence-corrected chi connectivity index (χ0v) is 17.6. The van der Waals surface area contributed by atoms with Crippen molar-refractivity contribution in [1.82, 2.24) is 0 Å². The van der Waals surface area contributed by atoms with Gasteiger partial charge in [-0.3, -0.25) is 0 Å². The van der Waals surface area contributed by atoms with E-state index in [1.54, 1.807) is 0 Å². The van der Waals surface area contributed by atoms with Gasteiger partial charge in [-0.25, -0.2) is 0 Å². The Hall–Kier alpha value is -3.04. The molecular weight excluding hydrogens is 370 g/mol. The molecule has 30 heavy (non-hydrogen) atoms. The van der Waals surface area contributed by atoms with Crippen molar-refractivity contribution in [2.75, 3.05) is 31.2 Å². The molecule has 3 aromatic rings. The van der Waals surface area contributed by atoms with Gasteiger partial charge in [0.1, 0.15) is 5.75 Å². The van der Waals surface area contributed by atoms with Crippen molar-refractivity contribution >= 4 is 11.8 Å². The largest absolute Gasteiger partial charge is 0.473 e. The number of nitrogens with zero attached hydrogens (tertiary/aromatic N) is 1. The molecule has 3 nitrogen and oxygen atoms in total. The molecule has 0 unspecified atom stereocenters. The topological polar surface area (TPSA) is 21.7 Å². The number of hydrogen-bond acceptors (Lipinski definition) is 3. The maximum atomic E-state index is 6.92. The number of benzene rings is 3. The van der Waals surface area contributed by atoms with Crippen molar-refractivity contribution in [2.45, 2.75) is 19.4 Å². The molecule has 0 spiro atoms. The zero-order valence-electron chi connectivity index (χ0n) is 17.6. The Morgan fingerprint density at radius 3 is 2.00 bits per heavy atom. The van der Waals surface area contributed by atoms with Gasteiger partial charge in [-0.1, -0.05) is 66.7 Å². The minimum Gasteiger partial charge on any atom is -0.473 e. The fraction of sp³-hybridized carbons (Fsp3) is 0.259. The zero-order chi connectivity index (χ0) is 20.6. The maximum absolute atomic E-state index is 6.92. The van der Waals surface area contributed by atoms with Gasteiger partial charge in [-0.15, -0.1) is 0 Å². The highest BCUT2D eigenvalue weighted by atomic mass is 16.5. The van der Waals surface area contributed by atoms with Crippen molar-refractivity contribution in [3.05, 3.63) is 101 Å². The number of anilines is 1. The van der Waals surface area contributed by atoms with Crippen LogP contribution in [-0.4, -0.2) is 26.3 Å². The fourth-order valence-corrected chi connectivity index (χ4v) is 4.54.